The van der Waals surface area contributed by atoms with Crippen LogP contribution in [0.2, 0.25) is 0 Å². The molecule has 1 aromatic carbocycles. The number of hydrogen-bond acceptors (Lipinski definition) is 7. The number of carbonyl (C=O) groups excluding carboxylic acids is 1. The average Bonchev–Trinajstić information content (AvgIpc) is 3.14. The molecule has 1 amide bonds. The standard InChI is InChI=1S/C25H32N6O2/c1-33-29-22-14-25(21-5-3-2-4-20(21)22)8-12-31(13-9-25)23(32)19-6-10-30(11-7-19)17-18-15-27-24(26)28-16-18/h2-5,14-16,19,29H,6-13,17H2,1H3,(H2,26,27,28). The van der Waals surface area contributed by atoms with Crippen LogP contribution in [0.4, 0.5) is 5.95 Å². The van der Waals surface area contributed by atoms with Crippen LogP contribution < -0.4 is 11.2 Å². The first-order chi connectivity index (χ1) is 16.1. The number of rotatable bonds is 5. The van der Waals surface area contributed by atoms with Gasteiger partial charge in [-0.3, -0.25) is 20.0 Å². The van der Waals surface area contributed by atoms with E-state index in [2.05, 4.69) is 55.6 Å². The van der Waals surface area contributed by atoms with Crippen molar-refractivity contribution in [2.24, 2.45) is 5.92 Å². The maximum atomic E-state index is 13.3. The Morgan fingerprint density at radius 1 is 1.15 bits per heavy atom. The molecule has 8 heteroatoms. The Bertz CT molecular complexity index is 1020. The van der Waals surface area contributed by atoms with E-state index in [1.807, 2.05) is 0 Å². The Morgan fingerprint density at radius 2 is 1.85 bits per heavy atom. The number of allylic oxidation sites excluding steroid dienone is 1. The van der Waals surface area contributed by atoms with Gasteiger partial charge in [0.1, 0.15) is 0 Å². The highest BCUT2D eigenvalue weighted by Crippen LogP contribution is 2.46. The van der Waals surface area contributed by atoms with Gasteiger partial charge in [-0.1, -0.05) is 24.3 Å². The molecule has 174 valence electrons. The number of fused-ring (bicyclic) bond motifs is 2. The van der Waals surface area contributed by atoms with E-state index in [-0.39, 0.29) is 11.3 Å². The molecule has 2 saturated heterocycles. The number of nitrogens with zero attached hydrogens (tertiary/aromatic N) is 4. The van der Waals surface area contributed by atoms with E-state index in [4.69, 9.17) is 10.6 Å². The van der Waals surface area contributed by atoms with Gasteiger partial charge in [0, 0.05) is 54.5 Å². The van der Waals surface area contributed by atoms with Crippen molar-refractivity contribution in [2.75, 3.05) is 39.0 Å². The monoisotopic (exact) mass is 448 g/mol. The van der Waals surface area contributed by atoms with E-state index >= 15 is 0 Å². The first kappa shape index (κ1) is 21.9. The fourth-order valence-electron chi connectivity index (χ4n) is 5.62. The zero-order valence-electron chi connectivity index (χ0n) is 19.2. The van der Waals surface area contributed by atoms with Crippen LogP contribution in [-0.2, 0) is 21.6 Å². The van der Waals surface area contributed by atoms with Gasteiger partial charge >= 0.3 is 0 Å². The molecule has 5 rings (SSSR count). The van der Waals surface area contributed by atoms with Crippen molar-refractivity contribution in [3.63, 3.8) is 0 Å². The third kappa shape index (κ3) is 4.32. The highest BCUT2D eigenvalue weighted by Gasteiger charge is 2.42. The Morgan fingerprint density at radius 3 is 2.55 bits per heavy atom. The lowest BCUT2D eigenvalue weighted by Crippen LogP contribution is -2.48. The fraction of sp³-hybridized carbons (Fsp3) is 0.480. The van der Waals surface area contributed by atoms with E-state index in [1.54, 1.807) is 19.5 Å². The van der Waals surface area contributed by atoms with Crippen molar-refractivity contribution >= 4 is 17.6 Å². The summed E-state index contributed by atoms with van der Waals surface area (Å²) in [4.78, 5) is 31.1. The number of piperidine rings is 2. The number of anilines is 1. The molecule has 0 radical (unpaired) electrons. The van der Waals surface area contributed by atoms with Gasteiger partial charge in [0.25, 0.3) is 0 Å². The Kier molecular flexibility index (Phi) is 6.03. The van der Waals surface area contributed by atoms with Crippen molar-refractivity contribution in [1.29, 1.82) is 0 Å². The molecule has 2 fully saturated rings. The molecule has 8 nitrogen and oxygen atoms in total. The van der Waals surface area contributed by atoms with Crippen molar-refractivity contribution in [1.82, 2.24) is 25.2 Å². The van der Waals surface area contributed by atoms with Crippen LogP contribution in [0.15, 0.2) is 42.7 Å². The van der Waals surface area contributed by atoms with Crippen LogP contribution in [0.5, 0.6) is 0 Å². The molecule has 1 aromatic heterocycles. The number of carbonyl (C=O) groups is 1. The van der Waals surface area contributed by atoms with Crippen molar-refractivity contribution < 1.29 is 9.63 Å². The van der Waals surface area contributed by atoms with E-state index in [0.29, 0.717) is 11.9 Å². The highest BCUT2D eigenvalue weighted by atomic mass is 16.6. The summed E-state index contributed by atoms with van der Waals surface area (Å²) in [5.41, 5.74) is 13.2. The molecular weight excluding hydrogens is 416 g/mol. The summed E-state index contributed by atoms with van der Waals surface area (Å²) < 4.78 is 0. The molecule has 3 aliphatic rings. The first-order valence-electron chi connectivity index (χ1n) is 11.8. The van der Waals surface area contributed by atoms with Gasteiger partial charge in [-0.05, 0) is 50.4 Å². The minimum absolute atomic E-state index is 0.0151. The smallest absolute Gasteiger partial charge is 0.225 e. The Labute approximate surface area is 194 Å². The largest absolute Gasteiger partial charge is 0.368 e. The molecule has 0 bridgehead atoms. The van der Waals surface area contributed by atoms with Gasteiger partial charge in [-0.15, -0.1) is 0 Å². The summed E-state index contributed by atoms with van der Waals surface area (Å²) in [7, 11) is 1.64. The molecule has 0 saturated carbocycles. The number of nitrogens with one attached hydrogen (secondary N) is 1. The molecule has 3 N–H and O–H groups in total. The lowest BCUT2D eigenvalue weighted by atomic mass is 9.74. The minimum atomic E-state index is -0.0151. The van der Waals surface area contributed by atoms with Crippen LogP contribution in [0.3, 0.4) is 0 Å². The van der Waals surface area contributed by atoms with Crippen LogP contribution in [0.1, 0.15) is 42.4 Å². The number of nitrogen functional groups attached to an aromatic ring is 1. The van der Waals surface area contributed by atoms with Gasteiger partial charge in [-0.2, -0.15) is 0 Å². The second-order valence-corrected chi connectivity index (χ2v) is 9.39. The number of hydroxylamine groups is 1. The predicted molar refractivity (Wildman–Crippen MR) is 127 cm³/mol. The zero-order valence-corrected chi connectivity index (χ0v) is 19.2. The second kappa shape index (κ2) is 9.11. The van der Waals surface area contributed by atoms with E-state index in [9.17, 15) is 4.79 Å². The molecule has 3 heterocycles. The third-order valence-electron chi connectivity index (χ3n) is 7.42. The number of benzene rings is 1. The summed E-state index contributed by atoms with van der Waals surface area (Å²) in [6.45, 7) is 4.23. The molecule has 2 aromatic rings. The first-order valence-corrected chi connectivity index (χ1v) is 11.8. The predicted octanol–water partition coefficient (Wildman–Crippen LogP) is 2.34. The molecular formula is C25H32N6O2. The average molecular weight is 449 g/mol. The lowest BCUT2D eigenvalue weighted by Gasteiger charge is -2.41. The van der Waals surface area contributed by atoms with Gasteiger partial charge in [-0.25, -0.2) is 9.97 Å². The van der Waals surface area contributed by atoms with Crippen LogP contribution in [0, 0.1) is 5.92 Å². The van der Waals surface area contributed by atoms with Crippen molar-refractivity contribution in [3.05, 3.63) is 59.4 Å². The van der Waals surface area contributed by atoms with Crippen molar-refractivity contribution in [3.8, 4) is 0 Å². The SMILES string of the molecule is CONC1=CC2(CCN(C(=O)C3CCN(Cc4cnc(N)nc4)CC3)CC2)c2ccccc21. The van der Waals surface area contributed by atoms with Gasteiger partial charge in [0.05, 0.1) is 12.8 Å². The second-order valence-electron chi connectivity index (χ2n) is 9.39. The summed E-state index contributed by atoms with van der Waals surface area (Å²) in [5.74, 6) is 0.745. The number of hydrogen-bond donors (Lipinski definition) is 2. The molecule has 1 spiro atoms. The Hall–Kier alpha value is -2.97. The van der Waals surface area contributed by atoms with Crippen molar-refractivity contribution in [2.45, 2.75) is 37.6 Å². The van der Waals surface area contributed by atoms with Gasteiger partial charge in [0.15, 0.2) is 0 Å². The van der Waals surface area contributed by atoms with E-state index in [1.165, 1.54) is 11.1 Å². The molecule has 33 heavy (non-hydrogen) atoms. The number of aromatic nitrogens is 2. The number of likely N-dealkylation sites (tertiary alicyclic amines) is 2. The molecule has 2 aliphatic heterocycles. The third-order valence-corrected chi connectivity index (χ3v) is 7.42. The minimum Gasteiger partial charge on any atom is -0.368 e. The summed E-state index contributed by atoms with van der Waals surface area (Å²) in [6, 6.07) is 8.53. The molecule has 0 atom stereocenters. The zero-order chi connectivity index (χ0) is 22.8. The Balaban J connectivity index is 1.17. The van der Waals surface area contributed by atoms with Crippen LogP contribution in [-0.4, -0.2) is 59.0 Å². The van der Waals surface area contributed by atoms with E-state index < -0.39 is 0 Å². The highest BCUT2D eigenvalue weighted by molar-refractivity contribution is 5.80. The van der Waals surface area contributed by atoms with Crippen LogP contribution in [0.25, 0.3) is 5.70 Å². The number of amides is 1. The molecule has 1 aliphatic carbocycles. The maximum Gasteiger partial charge on any atom is 0.225 e. The normalized spacial score (nSPS) is 20.5. The van der Waals surface area contributed by atoms with E-state index in [0.717, 1.165) is 69.7 Å². The van der Waals surface area contributed by atoms with Gasteiger partial charge < -0.3 is 10.6 Å². The maximum absolute atomic E-state index is 13.3. The summed E-state index contributed by atoms with van der Waals surface area (Å²) >= 11 is 0. The van der Waals surface area contributed by atoms with Gasteiger partial charge in [0.2, 0.25) is 11.9 Å². The van der Waals surface area contributed by atoms with Crippen LogP contribution >= 0.6 is 0 Å². The lowest BCUT2D eigenvalue weighted by molar-refractivity contribution is -0.138. The summed E-state index contributed by atoms with van der Waals surface area (Å²) in [6.07, 6.45) is 9.57. The quantitative estimate of drug-likeness (QED) is 0.678. The fourth-order valence-corrected chi connectivity index (χ4v) is 5.62. The number of nitrogens with two attached hydrogens (primary N) is 1. The topological polar surface area (TPSA) is 96.6 Å². The molecule has 0 unspecified atom stereocenters. The summed E-state index contributed by atoms with van der Waals surface area (Å²) in [5, 5.41) is 0.